The van der Waals surface area contributed by atoms with E-state index in [1.54, 1.807) is 0 Å². The highest BCUT2D eigenvalue weighted by Crippen LogP contribution is 2.30. The Kier molecular flexibility index (Phi) is 4.98. The molecule has 5 nitrogen and oxygen atoms in total. The highest BCUT2D eigenvalue weighted by atomic mass is 32.2. The first-order valence-corrected chi connectivity index (χ1v) is 7.02. The Morgan fingerprint density at radius 1 is 1.20 bits per heavy atom. The minimum atomic E-state index is -5.32. The third-order valence-corrected chi connectivity index (χ3v) is 3.93. The third-order valence-electron chi connectivity index (χ3n) is 2.43. The average molecular weight is 310 g/mol. The summed E-state index contributed by atoms with van der Waals surface area (Å²) in [7, 11) is -3.84. The highest BCUT2D eigenvalue weighted by molar-refractivity contribution is 7.92. The molecule has 0 atom stereocenters. The fourth-order valence-electron chi connectivity index (χ4n) is 1.33. The summed E-state index contributed by atoms with van der Waals surface area (Å²) in [6.07, 6.45) is 0.194. The molecule has 0 aliphatic rings. The molecule has 0 spiro atoms. The Balaban J connectivity index is 2.73. The van der Waals surface area contributed by atoms with Gasteiger partial charge >= 0.3 is 5.51 Å². The van der Waals surface area contributed by atoms with Gasteiger partial charge in [-0.05, 0) is 24.3 Å². The Labute approximate surface area is 114 Å². The maximum Gasteiger partial charge on any atom is 0.501 e. The fourth-order valence-corrected chi connectivity index (χ4v) is 2.09. The molecule has 0 saturated carbocycles. The Hall–Kier alpha value is -1.77. The molecule has 112 valence electrons. The molecule has 0 saturated heterocycles. The SMILES string of the molecule is CNC(=O)CCNc1ccc(S(=O)(=O)C(F)(F)F)cc1. The van der Waals surface area contributed by atoms with Crippen LogP contribution in [0.1, 0.15) is 6.42 Å². The summed E-state index contributed by atoms with van der Waals surface area (Å²) in [5.41, 5.74) is -4.89. The topological polar surface area (TPSA) is 75.3 Å². The number of carbonyl (C=O) groups is 1. The van der Waals surface area contributed by atoms with Gasteiger partial charge in [0.25, 0.3) is 9.84 Å². The number of hydrogen-bond donors (Lipinski definition) is 2. The van der Waals surface area contributed by atoms with E-state index in [1.165, 1.54) is 19.2 Å². The molecular weight excluding hydrogens is 297 g/mol. The first-order chi connectivity index (χ1) is 9.18. The number of amides is 1. The van der Waals surface area contributed by atoms with Crippen molar-refractivity contribution in [3.63, 3.8) is 0 Å². The number of hydrogen-bond acceptors (Lipinski definition) is 4. The molecule has 1 aromatic rings. The number of rotatable bonds is 5. The van der Waals surface area contributed by atoms with Gasteiger partial charge in [-0.2, -0.15) is 13.2 Å². The van der Waals surface area contributed by atoms with Crippen LogP contribution in [0.25, 0.3) is 0 Å². The molecule has 0 aliphatic heterocycles. The maximum absolute atomic E-state index is 12.3. The molecule has 0 heterocycles. The quantitative estimate of drug-likeness (QED) is 0.865. The van der Waals surface area contributed by atoms with E-state index in [4.69, 9.17) is 0 Å². The molecule has 1 rings (SSSR count). The van der Waals surface area contributed by atoms with Crippen LogP contribution in [-0.4, -0.2) is 33.4 Å². The zero-order valence-corrected chi connectivity index (χ0v) is 11.3. The second-order valence-corrected chi connectivity index (χ2v) is 5.76. The van der Waals surface area contributed by atoms with Gasteiger partial charge in [-0.3, -0.25) is 4.79 Å². The first kappa shape index (κ1) is 16.3. The lowest BCUT2D eigenvalue weighted by Gasteiger charge is -2.09. The zero-order chi connectivity index (χ0) is 15.4. The first-order valence-electron chi connectivity index (χ1n) is 5.54. The van der Waals surface area contributed by atoms with E-state index in [9.17, 15) is 26.4 Å². The van der Waals surface area contributed by atoms with E-state index in [1.807, 2.05) is 0 Å². The van der Waals surface area contributed by atoms with Gasteiger partial charge < -0.3 is 10.6 Å². The average Bonchev–Trinajstić information content (AvgIpc) is 2.37. The molecule has 9 heteroatoms. The van der Waals surface area contributed by atoms with Crippen molar-refractivity contribution in [2.75, 3.05) is 18.9 Å². The second-order valence-electron chi connectivity index (χ2n) is 3.82. The van der Waals surface area contributed by atoms with Crippen LogP contribution >= 0.6 is 0 Å². The minimum absolute atomic E-state index is 0.186. The van der Waals surface area contributed by atoms with E-state index in [0.717, 1.165) is 12.1 Å². The van der Waals surface area contributed by atoms with Gasteiger partial charge in [-0.1, -0.05) is 0 Å². The molecular formula is C11H13F3N2O3S. The molecule has 20 heavy (non-hydrogen) atoms. The normalized spacial score (nSPS) is 12.0. The van der Waals surface area contributed by atoms with Gasteiger partial charge in [-0.25, -0.2) is 8.42 Å². The van der Waals surface area contributed by atoms with Gasteiger partial charge in [0.05, 0.1) is 4.90 Å². The van der Waals surface area contributed by atoms with Gasteiger partial charge in [0.1, 0.15) is 0 Å². The number of alkyl halides is 3. The van der Waals surface area contributed by atoms with Crippen LogP contribution in [0.4, 0.5) is 18.9 Å². The standard InChI is InChI=1S/C11H13F3N2O3S/c1-15-10(17)6-7-16-8-2-4-9(5-3-8)20(18,19)11(12,13)14/h2-5,16H,6-7H2,1H3,(H,15,17). The van der Waals surface area contributed by atoms with E-state index >= 15 is 0 Å². The van der Waals surface area contributed by atoms with Crippen molar-refractivity contribution in [1.29, 1.82) is 0 Å². The number of halogens is 3. The van der Waals surface area contributed by atoms with Crippen LogP contribution in [0.5, 0.6) is 0 Å². The van der Waals surface area contributed by atoms with Crippen LogP contribution in [-0.2, 0) is 14.6 Å². The van der Waals surface area contributed by atoms with Gasteiger partial charge in [0.15, 0.2) is 0 Å². The summed E-state index contributed by atoms with van der Waals surface area (Å²) in [5, 5.41) is 5.20. The lowest BCUT2D eigenvalue weighted by atomic mass is 10.3. The monoisotopic (exact) mass is 310 g/mol. The predicted octanol–water partition coefficient (Wildman–Crippen LogP) is 1.53. The van der Waals surface area contributed by atoms with Gasteiger partial charge in [0, 0.05) is 25.7 Å². The summed E-state index contributed by atoms with van der Waals surface area (Å²) in [4.78, 5) is 10.1. The van der Waals surface area contributed by atoms with E-state index < -0.39 is 20.2 Å². The van der Waals surface area contributed by atoms with E-state index in [0.29, 0.717) is 5.69 Å². The Morgan fingerprint density at radius 2 is 1.75 bits per heavy atom. The largest absolute Gasteiger partial charge is 0.501 e. The summed E-state index contributed by atoms with van der Waals surface area (Å²) in [6, 6.07) is 4.15. The molecule has 0 fully saturated rings. The van der Waals surface area contributed by atoms with Crippen LogP contribution in [0.15, 0.2) is 29.2 Å². The van der Waals surface area contributed by atoms with E-state index in [2.05, 4.69) is 10.6 Å². The van der Waals surface area contributed by atoms with Crippen molar-refractivity contribution in [1.82, 2.24) is 5.32 Å². The van der Waals surface area contributed by atoms with Crippen molar-refractivity contribution in [2.45, 2.75) is 16.8 Å². The third kappa shape index (κ3) is 3.86. The number of carbonyl (C=O) groups excluding carboxylic acids is 1. The predicted molar refractivity (Wildman–Crippen MR) is 66.9 cm³/mol. The van der Waals surface area contributed by atoms with Gasteiger partial charge in [-0.15, -0.1) is 0 Å². The summed E-state index contributed by atoms with van der Waals surface area (Å²) in [5.74, 6) is -0.186. The van der Waals surface area contributed by atoms with Crippen molar-refractivity contribution in [3.05, 3.63) is 24.3 Å². The number of sulfone groups is 1. The Morgan fingerprint density at radius 3 is 2.20 bits per heavy atom. The van der Waals surface area contributed by atoms with Crippen LogP contribution in [0, 0.1) is 0 Å². The number of nitrogens with one attached hydrogen (secondary N) is 2. The van der Waals surface area contributed by atoms with E-state index in [-0.39, 0.29) is 18.9 Å². The minimum Gasteiger partial charge on any atom is -0.385 e. The molecule has 0 aromatic heterocycles. The lowest BCUT2D eigenvalue weighted by molar-refractivity contribution is -0.120. The van der Waals surface area contributed by atoms with Gasteiger partial charge in [0.2, 0.25) is 5.91 Å². The lowest BCUT2D eigenvalue weighted by Crippen LogP contribution is -2.23. The van der Waals surface area contributed by atoms with Crippen LogP contribution in [0.2, 0.25) is 0 Å². The van der Waals surface area contributed by atoms with Crippen molar-refractivity contribution in [2.24, 2.45) is 0 Å². The molecule has 0 radical (unpaired) electrons. The zero-order valence-electron chi connectivity index (χ0n) is 10.5. The highest BCUT2D eigenvalue weighted by Gasteiger charge is 2.46. The molecule has 0 bridgehead atoms. The Bertz CT molecular complexity index is 568. The summed E-state index contributed by atoms with van der Waals surface area (Å²) in [6.45, 7) is 0.283. The van der Waals surface area contributed by atoms with Crippen LogP contribution in [0.3, 0.4) is 0 Å². The van der Waals surface area contributed by atoms with Crippen molar-refractivity contribution >= 4 is 21.4 Å². The fraction of sp³-hybridized carbons (Fsp3) is 0.364. The molecule has 0 aliphatic carbocycles. The molecule has 0 unspecified atom stereocenters. The van der Waals surface area contributed by atoms with Crippen molar-refractivity contribution in [3.8, 4) is 0 Å². The van der Waals surface area contributed by atoms with Crippen molar-refractivity contribution < 1.29 is 26.4 Å². The summed E-state index contributed by atoms with van der Waals surface area (Å²) < 4.78 is 59.1. The molecule has 1 aromatic carbocycles. The molecule has 1 amide bonds. The summed E-state index contributed by atoms with van der Waals surface area (Å²) >= 11 is 0. The number of anilines is 1. The number of benzene rings is 1. The van der Waals surface area contributed by atoms with Crippen LogP contribution < -0.4 is 10.6 Å². The maximum atomic E-state index is 12.3. The molecule has 2 N–H and O–H groups in total. The smallest absolute Gasteiger partial charge is 0.385 e. The second kappa shape index (κ2) is 6.12.